The molecule has 120 valence electrons. The van der Waals surface area contributed by atoms with Gasteiger partial charge in [0.25, 0.3) is 0 Å². The zero-order valence-corrected chi connectivity index (χ0v) is 13.3. The molecule has 0 amide bonds. The minimum atomic E-state index is -4.48. The van der Waals surface area contributed by atoms with Crippen LogP contribution >= 0.6 is 23.2 Å². The van der Waals surface area contributed by atoms with Gasteiger partial charge in [-0.1, -0.05) is 29.3 Å². The number of aliphatic imine (C=N–C) groups is 1. The van der Waals surface area contributed by atoms with Gasteiger partial charge in [-0.2, -0.15) is 13.2 Å². The number of pyridine rings is 1. The van der Waals surface area contributed by atoms with Crippen molar-refractivity contribution in [3.05, 3.63) is 63.9 Å². The van der Waals surface area contributed by atoms with Gasteiger partial charge in [0.15, 0.2) is 0 Å². The molecule has 1 aromatic carbocycles. The van der Waals surface area contributed by atoms with Crippen molar-refractivity contribution in [2.75, 3.05) is 6.54 Å². The highest BCUT2D eigenvalue weighted by Crippen LogP contribution is 2.48. The van der Waals surface area contributed by atoms with Gasteiger partial charge in [-0.25, -0.2) is 0 Å². The summed E-state index contributed by atoms with van der Waals surface area (Å²) in [5.41, 5.74) is -1.12. The third-order valence-electron chi connectivity index (χ3n) is 3.96. The maximum absolute atomic E-state index is 13.9. The summed E-state index contributed by atoms with van der Waals surface area (Å²) in [6.07, 6.45) is -1.67. The van der Waals surface area contributed by atoms with Crippen LogP contribution in [-0.4, -0.2) is 23.4 Å². The Bertz CT molecular complexity index is 739. The third-order valence-corrected chi connectivity index (χ3v) is 4.40. The van der Waals surface area contributed by atoms with Crippen molar-refractivity contribution in [2.24, 2.45) is 4.99 Å². The van der Waals surface area contributed by atoms with Gasteiger partial charge in [0.2, 0.25) is 0 Å². The lowest BCUT2D eigenvalue weighted by molar-refractivity contribution is -0.183. The van der Waals surface area contributed by atoms with Gasteiger partial charge >= 0.3 is 6.18 Å². The van der Waals surface area contributed by atoms with E-state index < -0.39 is 18.1 Å². The zero-order valence-electron chi connectivity index (χ0n) is 11.7. The van der Waals surface area contributed by atoms with Gasteiger partial charge in [-0.05, 0) is 29.8 Å². The molecule has 1 aromatic heterocycles. The van der Waals surface area contributed by atoms with Gasteiger partial charge in [0.1, 0.15) is 5.41 Å². The Morgan fingerprint density at radius 3 is 2.35 bits per heavy atom. The lowest BCUT2D eigenvalue weighted by Gasteiger charge is -2.31. The minimum Gasteiger partial charge on any atom is -0.288 e. The Morgan fingerprint density at radius 1 is 1.09 bits per heavy atom. The number of rotatable bonds is 2. The maximum Gasteiger partial charge on any atom is 0.400 e. The Balaban J connectivity index is 2.05. The van der Waals surface area contributed by atoms with Crippen molar-refractivity contribution in [1.29, 1.82) is 0 Å². The lowest BCUT2D eigenvalue weighted by atomic mass is 9.77. The molecule has 0 saturated carbocycles. The maximum atomic E-state index is 13.9. The molecule has 0 bridgehead atoms. The minimum absolute atomic E-state index is 0.0325. The first-order chi connectivity index (χ1) is 10.8. The monoisotopic (exact) mass is 358 g/mol. The van der Waals surface area contributed by atoms with Crippen LogP contribution in [0.5, 0.6) is 0 Å². The first kappa shape index (κ1) is 16.3. The number of hydrogen-bond acceptors (Lipinski definition) is 2. The zero-order chi connectivity index (χ0) is 16.7. The van der Waals surface area contributed by atoms with Crippen LogP contribution in [0.3, 0.4) is 0 Å². The highest BCUT2D eigenvalue weighted by Gasteiger charge is 2.58. The standard InChI is InChI=1S/C16H11Cl2F3N2/c17-12-4-11(5-13(18)6-12)15(16(19,20)21)7-14(23-9-15)10-2-1-3-22-8-10/h1-6,8H,7,9H2. The summed E-state index contributed by atoms with van der Waals surface area (Å²) in [6.45, 7) is -0.391. The average molecular weight is 359 g/mol. The van der Waals surface area contributed by atoms with Crippen molar-refractivity contribution in [3.8, 4) is 0 Å². The predicted molar refractivity (Wildman–Crippen MR) is 84.5 cm³/mol. The van der Waals surface area contributed by atoms with Crippen LogP contribution in [0, 0.1) is 0 Å². The summed E-state index contributed by atoms with van der Waals surface area (Å²) in [5.74, 6) is 0. The Morgan fingerprint density at radius 2 is 1.78 bits per heavy atom. The van der Waals surface area contributed by atoms with Crippen LogP contribution in [0.4, 0.5) is 13.2 Å². The molecule has 0 saturated heterocycles. The summed E-state index contributed by atoms with van der Waals surface area (Å²) < 4.78 is 41.6. The highest BCUT2D eigenvalue weighted by atomic mass is 35.5. The Kier molecular flexibility index (Phi) is 4.10. The van der Waals surface area contributed by atoms with Gasteiger partial charge in [0.05, 0.1) is 6.54 Å². The van der Waals surface area contributed by atoms with E-state index in [0.717, 1.165) is 0 Å². The van der Waals surface area contributed by atoms with Crippen LogP contribution in [-0.2, 0) is 5.41 Å². The molecule has 0 N–H and O–H groups in total. The average Bonchev–Trinajstić information content (AvgIpc) is 2.93. The molecule has 2 aromatic rings. The number of hydrogen-bond donors (Lipinski definition) is 0. The molecule has 0 spiro atoms. The number of benzene rings is 1. The summed E-state index contributed by atoms with van der Waals surface area (Å²) in [7, 11) is 0. The topological polar surface area (TPSA) is 25.2 Å². The van der Waals surface area contributed by atoms with Crippen LogP contribution in [0.1, 0.15) is 17.5 Å². The van der Waals surface area contributed by atoms with Crippen LogP contribution < -0.4 is 0 Å². The molecule has 2 heterocycles. The molecule has 2 nitrogen and oxygen atoms in total. The molecule has 0 radical (unpaired) electrons. The number of nitrogens with zero attached hydrogens (tertiary/aromatic N) is 2. The van der Waals surface area contributed by atoms with Gasteiger partial charge in [-0.3, -0.25) is 9.98 Å². The largest absolute Gasteiger partial charge is 0.400 e. The van der Waals surface area contributed by atoms with Crippen LogP contribution in [0.2, 0.25) is 10.0 Å². The molecule has 7 heteroatoms. The molecule has 3 rings (SSSR count). The normalized spacial score (nSPS) is 21.3. The van der Waals surface area contributed by atoms with Crippen LogP contribution in [0.15, 0.2) is 47.7 Å². The first-order valence-electron chi connectivity index (χ1n) is 6.79. The van der Waals surface area contributed by atoms with E-state index in [4.69, 9.17) is 23.2 Å². The van der Waals surface area contributed by atoms with Crippen molar-refractivity contribution in [3.63, 3.8) is 0 Å². The molecular formula is C16H11Cl2F3N2. The van der Waals surface area contributed by atoms with Gasteiger partial charge < -0.3 is 0 Å². The molecular weight excluding hydrogens is 348 g/mol. The Hall–Kier alpha value is -1.59. The Labute approximate surface area is 141 Å². The lowest BCUT2D eigenvalue weighted by Crippen LogP contribution is -2.43. The smallest absolute Gasteiger partial charge is 0.288 e. The van der Waals surface area contributed by atoms with E-state index in [1.54, 1.807) is 18.3 Å². The van der Waals surface area contributed by atoms with Crippen molar-refractivity contribution >= 4 is 28.9 Å². The molecule has 0 aliphatic carbocycles. The van der Waals surface area contributed by atoms with E-state index in [1.165, 1.54) is 24.4 Å². The number of alkyl halides is 3. The fourth-order valence-corrected chi connectivity index (χ4v) is 3.26. The van der Waals surface area contributed by atoms with E-state index in [-0.39, 0.29) is 22.0 Å². The fraction of sp³-hybridized carbons (Fsp3) is 0.250. The van der Waals surface area contributed by atoms with Gasteiger partial charge in [0, 0.05) is 40.1 Å². The number of aromatic nitrogens is 1. The highest BCUT2D eigenvalue weighted by molar-refractivity contribution is 6.34. The summed E-state index contributed by atoms with van der Waals surface area (Å²) in [4.78, 5) is 8.07. The SMILES string of the molecule is FC(F)(F)C1(c2cc(Cl)cc(Cl)c2)CN=C(c2cccnc2)C1. The van der Waals surface area contributed by atoms with Crippen LogP contribution in [0.25, 0.3) is 0 Å². The molecule has 1 atom stereocenters. The van der Waals surface area contributed by atoms with Gasteiger partial charge in [-0.15, -0.1) is 0 Å². The summed E-state index contributed by atoms with van der Waals surface area (Å²) >= 11 is 11.8. The molecule has 23 heavy (non-hydrogen) atoms. The summed E-state index contributed by atoms with van der Waals surface area (Å²) in [6, 6.07) is 7.39. The van der Waals surface area contributed by atoms with E-state index in [1.807, 2.05) is 0 Å². The fourth-order valence-electron chi connectivity index (χ4n) is 2.73. The first-order valence-corrected chi connectivity index (χ1v) is 7.54. The molecule has 1 aliphatic rings. The molecule has 0 fully saturated rings. The van der Waals surface area contributed by atoms with Crippen molar-refractivity contribution in [1.82, 2.24) is 4.98 Å². The van der Waals surface area contributed by atoms with E-state index >= 15 is 0 Å². The van der Waals surface area contributed by atoms with Crippen molar-refractivity contribution in [2.45, 2.75) is 18.0 Å². The second-order valence-corrected chi connectivity index (χ2v) is 6.29. The molecule has 1 unspecified atom stereocenters. The predicted octanol–water partition coefficient (Wildman–Crippen LogP) is 5.08. The van der Waals surface area contributed by atoms with E-state index in [0.29, 0.717) is 11.3 Å². The molecule has 1 aliphatic heterocycles. The van der Waals surface area contributed by atoms with Crippen molar-refractivity contribution < 1.29 is 13.2 Å². The second kappa shape index (κ2) is 5.80. The number of halogens is 5. The third kappa shape index (κ3) is 2.95. The quantitative estimate of drug-likeness (QED) is 0.734. The van der Waals surface area contributed by atoms with E-state index in [9.17, 15) is 13.2 Å². The summed E-state index contributed by atoms with van der Waals surface area (Å²) in [5, 5.41) is 0.344. The van der Waals surface area contributed by atoms with E-state index in [2.05, 4.69) is 9.98 Å². The second-order valence-electron chi connectivity index (χ2n) is 5.42.